The van der Waals surface area contributed by atoms with Gasteiger partial charge in [-0.3, -0.25) is 4.79 Å². The SMILES string of the molecule is Cc1cc(C(=O)Nc2ccc(F)c(-c3nnc4n3CCCCC4)c2)c(C)n1-c1ccccc1. The number of carbonyl (C=O) groups excluding carboxylic acids is 1. The highest BCUT2D eigenvalue weighted by Gasteiger charge is 2.21. The molecule has 0 aliphatic carbocycles. The molecule has 0 fully saturated rings. The van der Waals surface area contributed by atoms with Gasteiger partial charge in [-0.2, -0.15) is 0 Å². The Kier molecular flexibility index (Phi) is 5.54. The van der Waals surface area contributed by atoms with Gasteiger partial charge in [0.25, 0.3) is 5.91 Å². The lowest BCUT2D eigenvalue weighted by atomic mass is 10.1. The number of anilines is 1. The van der Waals surface area contributed by atoms with Gasteiger partial charge in [0, 0.05) is 35.7 Å². The zero-order chi connectivity index (χ0) is 22.9. The number of aromatic nitrogens is 4. The summed E-state index contributed by atoms with van der Waals surface area (Å²) < 4.78 is 18.8. The maximum atomic E-state index is 14.8. The number of rotatable bonds is 4. The lowest BCUT2D eigenvalue weighted by Crippen LogP contribution is -2.13. The number of halogens is 1. The fraction of sp³-hybridized carbons (Fsp3) is 0.269. The van der Waals surface area contributed by atoms with Crippen molar-refractivity contribution in [2.24, 2.45) is 0 Å². The molecule has 0 atom stereocenters. The van der Waals surface area contributed by atoms with E-state index < -0.39 is 0 Å². The second kappa shape index (κ2) is 8.65. The number of carbonyl (C=O) groups is 1. The number of para-hydroxylation sites is 1. The molecule has 1 N–H and O–H groups in total. The van der Waals surface area contributed by atoms with Crippen LogP contribution in [0.4, 0.5) is 10.1 Å². The summed E-state index contributed by atoms with van der Waals surface area (Å²) in [5.74, 6) is 0.796. The third-order valence-electron chi connectivity index (χ3n) is 6.26. The molecule has 0 spiro atoms. The maximum absolute atomic E-state index is 14.8. The Bertz CT molecular complexity index is 1320. The molecule has 0 unspecified atom stereocenters. The first-order chi connectivity index (χ1) is 16.0. The molecule has 33 heavy (non-hydrogen) atoms. The standard InChI is InChI=1S/C26H26FN5O/c1-17-15-21(18(2)32(17)20-9-5-3-6-10-20)26(33)28-19-12-13-23(27)22(16-19)25-30-29-24-11-7-4-8-14-31(24)25/h3,5-6,9-10,12-13,15-16H,4,7-8,11,14H2,1-2H3,(H,28,33). The summed E-state index contributed by atoms with van der Waals surface area (Å²) in [5.41, 5.74) is 4.27. The van der Waals surface area contributed by atoms with Gasteiger partial charge >= 0.3 is 0 Å². The molecule has 6 nitrogen and oxygen atoms in total. The van der Waals surface area contributed by atoms with Crippen LogP contribution in [-0.2, 0) is 13.0 Å². The molecule has 4 aromatic rings. The number of amides is 1. The molecular weight excluding hydrogens is 417 g/mol. The largest absolute Gasteiger partial charge is 0.322 e. The number of nitrogens with one attached hydrogen (secondary N) is 1. The molecule has 3 heterocycles. The van der Waals surface area contributed by atoms with Gasteiger partial charge in [0.2, 0.25) is 0 Å². The monoisotopic (exact) mass is 443 g/mol. The van der Waals surface area contributed by atoms with E-state index in [2.05, 4.69) is 20.1 Å². The van der Waals surface area contributed by atoms with Crippen molar-refractivity contribution in [3.05, 3.63) is 83.2 Å². The fourth-order valence-corrected chi connectivity index (χ4v) is 4.62. The number of nitrogens with zero attached hydrogens (tertiary/aromatic N) is 4. The second-order valence-corrected chi connectivity index (χ2v) is 8.51. The van der Waals surface area contributed by atoms with Gasteiger partial charge in [-0.25, -0.2) is 4.39 Å². The quantitative estimate of drug-likeness (QED) is 0.455. The maximum Gasteiger partial charge on any atom is 0.257 e. The summed E-state index contributed by atoms with van der Waals surface area (Å²) in [5, 5.41) is 11.5. The van der Waals surface area contributed by atoms with E-state index in [1.54, 1.807) is 12.1 Å². The van der Waals surface area contributed by atoms with Crippen LogP contribution in [0.1, 0.15) is 46.8 Å². The van der Waals surface area contributed by atoms with E-state index in [0.717, 1.165) is 55.1 Å². The van der Waals surface area contributed by atoms with Crippen molar-refractivity contribution in [2.75, 3.05) is 5.32 Å². The van der Waals surface area contributed by atoms with E-state index in [0.29, 0.717) is 22.6 Å². The molecule has 2 aromatic carbocycles. The first-order valence-electron chi connectivity index (χ1n) is 11.3. The summed E-state index contributed by atoms with van der Waals surface area (Å²) in [6, 6.07) is 16.4. The Balaban J connectivity index is 1.45. The van der Waals surface area contributed by atoms with Crippen LogP contribution in [0.3, 0.4) is 0 Å². The van der Waals surface area contributed by atoms with Crippen molar-refractivity contribution in [1.82, 2.24) is 19.3 Å². The van der Waals surface area contributed by atoms with Crippen LogP contribution in [0.5, 0.6) is 0 Å². The first-order valence-corrected chi connectivity index (χ1v) is 11.3. The number of benzene rings is 2. The summed E-state index contributed by atoms with van der Waals surface area (Å²) in [7, 11) is 0. The summed E-state index contributed by atoms with van der Waals surface area (Å²) in [4.78, 5) is 13.1. The molecule has 1 amide bonds. The number of hydrogen-bond acceptors (Lipinski definition) is 3. The van der Waals surface area contributed by atoms with Gasteiger partial charge < -0.3 is 14.5 Å². The smallest absolute Gasteiger partial charge is 0.257 e. The van der Waals surface area contributed by atoms with Crippen molar-refractivity contribution in [3.63, 3.8) is 0 Å². The highest BCUT2D eigenvalue weighted by molar-refractivity contribution is 6.05. The minimum absolute atomic E-state index is 0.233. The van der Waals surface area contributed by atoms with Crippen LogP contribution in [0, 0.1) is 19.7 Å². The first kappa shape index (κ1) is 21.1. The minimum atomic E-state index is -0.380. The second-order valence-electron chi connectivity index (χ2n) is 8.51. The van der Waals surface area contributed by atoms with Crippen LogP contribution in [0.2, 0.25) is 0 Å². The highest BCUT2D eigenvalue weighted by Crippen LogP contribution is 2.28. The van der Waals surface area contributed by atoms with Crippen LogP contribution in [0.25, 0.3) is 17.1 Å². The summed E-state index contributed by atoms with van der Waals surface area (Å²) >= 11 is 0. The lowest BCUT2D eigenvalue weighted by molar-refractivity contribution is 0.102. The Morgan fingerprint density at radius 3 is 2.64 bits per heavy atom. The molecule has 0 bridgehead atoms. The number of hydrogen-bond donors (Lipinski definition) is 1. The third-order valence-corrected chi connectivity index (χ3v) is 6.26. The van der Waals surface area contributed by atoms with Crippen LogP contribution >= 0.6 is 0 Å². The van der Waals surface area contributed by atoms with Crippen molar-refractivity contribution < 1.29 is 9.18 Å². The Morgan fingerprint density at radius 2 is 1.82 bits per heavy atom. The Morgan fingerprint density at radius 1 is 1.00 bits per heavy atom. The molecule has 7 heteroatoms. The van der Waals surface area contributed by atoms with Crippen molar-refractivity contribution in [3.8, 4) is 17.1 Å². The zero-order valence-corrected chi connectivity index (χ0v) is 18.8. The van der Waals surface area contributed by atoms with Gasteiger partial charge in [-0.1, -0.05) is 24.6 Å². The van der Waals surface area contributed by atoms with E-state index in [1.807, 2.05) is 54.8 Å². The average Bonchev–Trinajstić information content (AvgIpc) is 3.25. The van der Waals surface area contributed by atoms with Gasteiger partial charge in [0.15, 0.2) is 5.82 Å². The van der Waals surface area contributed by atoms with Crippen LogP contribution < -0.4 is 5.32 Å². The molecule has 1 aliphatic rings. The molecule has 5 rings (SSSR count). The molecule has 0 saturated heterocycles. The van der Waals surface area contributed by atoms with Crippen LogP contribution in [-0.4, -0.2) is 25.2 Å². The molecule has 0 radical (unpaired) electrons. The third kappa shape index (κ3) is 3.95. The zero-order valence-electron chi connectivity index (χ0n) is 18.8. The van der Waals surface area contributed by atoms with Gasteiger partial charge in [0.05, 0.1) is 11.1 Å². The Labute approximate surface area is 192 Å². The number of aryl methyl sites for hydroxylation is 2. The van der Waals surface area contributed by atoms with E-state index in [1.165, 1.54) is 6.07 Å². The van der Waals surface area contributed by atoms with E-state index in [-0.39, 0.29) is 11.7 Å². The lowest BCUT2D eigenvalue weighted by Gasteiger charge is -2.11. The minimum Gasteiger partial charge on any atom is -0.322 e. The predicted octanol–water partition coefficient (Wildman–Crippen LogP) is 5.47. The van der Waals surface area contributed by atoms with E-state index in [4.69, 9.17) is 0 Å². The highest BCUT2D eigenvalue weighted by atomic mass is 19.1. The number of fused-ring (bicyclic) bond motifs is 1. The van der Waals surface area contributed by atoms with Crippen molar-refractivity contribution >= 4 is 11.6 Å². The summed E-state index contributed by atoms with van der Waals surface area (Å²) in [6.07, 6.45) is 4.07. The van der Waals surface area contributed by atoms with Gasteiger partial charge in [-0.05, 0) is 63.1 Å². The Hall–Kier alpha value is -3.74. The molecule has 168 valence electrons. The summed E-state index contributed by atoms with van der Waals surface area (Å²) in [6.45, 7) is 4.68. The van der Waals surface area contributed by atoms with Gasteiger partial charge in [0.1, 0.15) is 11.6 Å². The van der Waals surface area contributed by atoms with Crippen molar-refractivity contribution in [1.29, 1.82) is 0 Å². The van der Waals surface area contributed by atoms with E-state index in [9.17, 15) is 9.18 Å². The average molecular weight is 444 g/mol. The normalized spacial score (nSPS) is 13.4. The van der Waals surface area contributed by atoms with Gasteiger partial charge in [-0.15, -0.1) is 10.2 Å². The topological polar surface area (TPSA) is 64.7 Å². The fourth-order valence-electron chi connectivity index (χ4n) is 4.62. The van der Waals surface area contributed by atoms with E-state index >= 15 is 0 Å². The van der Waals surface area contributed by atoms with Crippen LogP contribution in [0.15, 0.2) is 54.6 Å². The molecule has 1 aliphatic heterocycles. The van der Waals surface area contributed by atoms with Crippen molar-refractivity contribution in [2.45, 2.75) is 46.1 Å². The molecule has 0 saturated carbocycles. The molecular formula is C26H26FN5O. The predicted molar refractivity (Wildman–Crippen MR) is 126 cm³/mol. The molecule has 2 aromatic heterocycles.